The van der Waals surface area contributed by atoms with Crippen molar-refractivity contribution < 1.29 is 14.3 Å². The van der Waals surface area contributed by atoms with Crippen LogP contribution in [0, 0.1) is 12.8 Å². The second kappa shape index (κ2) is 8.25. The van der Waals surface area contributed by atoms with Gasteiger partial charge in [-0.3, -0.25) is 9.59 Å². The molecule has 2 N–H and O–H groups in total. The van der Waals surface area contributed by atoms with Gasteiger partial charge in [0.15, 0.2) is 0 Å². The van der Waals surface area contributed by atoms with E-state index < -0.39 is 0 Å². The number of rotatable bonds is 5. The monoisotopic (exact) mass is 393 g/mol. The number of aryl methyl sites for hydroxylation is 1. The number of benzene rings is 2. The highest BCUT2D eigenvalue weighted by Crippen LogP contribution is 2.26. The number of ether oxygens (including phenoxy) is 1. The number of fused-ring (bicyclic) bond motifs is 1. The van der Waals surface area contributed by atoms with Crippen LogP contribution >= 0.6 is 0 Å². The van der Waals surface area contributed by atoms with Crippen molar-refractivity contribution in [1.29, 1.82) is 0 Å². The maximum Gasteiger partial charge on any atom is 0.251 e. The third kappa shape index (κ3) is 4.43. The van der Waals surface area contributed by atoms with E-state index in [1.165, 1.54) is 5.56 Å². The predicted octanol–water partition coefficient (Wildman–Crippen LogP) is 2.75. The summed E-state index contributed by atoms with van der Waals surface area (Å²) in [6.07, 6.45) is 1.78. The first-order chi connectivity index (χ1) is 14.0. The van der Waals surface area contributed by atoms with Crippen molar-refractivity contribution in [2.45, 2.75) is 26.3 Å². The van der Waals surface area contributed by atoms with Crippen molar-refractivity contribution in [3.05, 3.63) is 58.7 Å². The molecule has 1 atom stereocenters. The Labute approximate surface area is 171 Å². The number of anilines is 1. The largest absolute Gasteiger partial charge is 0.493 e. The molecule has 2 aromatic rings. The van der Waals surface area contributed by atoms with Crippen molar-refractivity contribution in [3.8, 4) is 5.75 Å². The van der Waals surface area contributed by atoms with Gasteiger partial charge < -0.3 is 20.3 Å². The Hall–Kier alpha value is -2.86. The molecule has 0 bridgehead atoms. The van der Waals surface area contributed by atoms with Crippen molar-refractivity contribution in [3.63, 3.8) is 0 Å². The van der Waals surface area contributed by atoms with E-state index in [9.17, 15) is 9.59 Å². The van der Waals surface area contributed by atoms with Crippen LogP contribution in [-0.2, 0) is 17.8 Å². The van der Waals surface area contributed by atoms with Gasteiger partial charge in [0, 0.05) is 30.8 Å². The first-order valence-electron chi connectivity index (χ1n) is 10.1. The van der Waals surface area contributed by atoms with Gasteiger partial charge in [0.25, 0.3) is 5.91 Å². The van der Waals surface area contributed by atoms with E-state index in [2.05, 4.69) is 21.6 Å². The molecule has 2 heterocycles. The zero-order valence-corrected chi connectivity index (χ0v) is 17.0. The number of carbonyl (C=O) groups is 2. The summed E-state index contributed by atoms with van der Waals surface area (Å²) in [4.78, 5) is 27.4. The van der Waals surface area contributed by atoms with Gasteiger partial charge in [-0.15, -0.1) is 0 Å². The van der Waals surface area contributed by atoms with Crippen LogP contribution in [-0.4, -0.2) is 43.5 Å². The van der Waals surface area contributed by atoms with E-state index in [1.54, 1.807) is 12.1 Å². The number of hydrogen-bond acceptors (Lipinski definition) is 4. The lowest BCUT2D eigenvalue weighted by Crippen LogP contribution is -2.26. The molecule has 0 aliphatic carbocycles. The third-order valence-electron chi connectivity index (χ3n) is 5.73. The van der Waals surface area contributed by atoms with Gasteiger partial charge in [-0.25, -0.2) is 0 Å². The molecule has 0 radical (unpaired) electrons. The lowest BCUT2D eigenvalue weighted by atomic mass is 10.1. The van der Waals surface area contributed by atoms with E-state index in [0.29, 0.717) is 17.8 Å². The zero-order chi connectivity index (χ0) is 20.4. The van der Waals surface area contributed by atoms with Crippen molar-refractivity contribution in [1.82, 2.24) is 10.2 Å². The van der Waals surface area contributed by atoms with E-state index in [-0.39, 0.29) is 17.7 Å². The highest BCUT2D eigenvalue weighted by Gasteiger charge is 2.26. The van der Waals surface area contributed by atoms with Gasteiger partial charge in [0.1, 0.15) is 5.75 Å². The molecule has 152 valence electrons. The quantitative estimate of drug-likeness (QED) is 0.820. The molecule has 1 fully saturated rings. The number of amides is 2. The molecule has 1 unspecified atom stereocenters. The summed E-state index contributed by atoms with van der Waals surface area (Å²) in [5.41, 5.74) is 4.42. The molecule has 1 saturated heterocycles. The smallest absolute Gasteiger partial charge is 0.251 e. The molecule has 6 nitrogen and oxygen atoms in total. The topological polar surface area (TPSA) is 70.7 Å². The minimum atomic E-state index is -0.155. The molecule has 0 aromatic heterocycles. The van der Waals surface area contributed by atoms with E-state index in [1.807, 2.05) is 32.2 Å². The number of nitrogens with zero attached hydrogens (tertiary/aromatic N) is 1. The summed E-state index contributed by atoms with van der Waals surface area (Å²) in [7, 11) is 2.03. The highest BCUT2D eigenvalue weighted by atomic mass is 16.5. The molecule has 4 rings (SSSR count). The summed E-state index contributed by atoms with van der Waals surface area (Å²) in [5, 5.41) is 5.98. The standard InChI is InChI=1S/C23H27N3O3/c1-15-3-5-18(12-20(15)25-23(28)19-7-9-26(2)14-19)22(27)24-13-16-4-6-21-17(11-16)8-10-29-21/h3-6,11-12,19H,7-10,13-14H2,1-2H3,(H,24,27)(H,25,28). The van der Waals surface area contributed by atoms with Crippen LogP contribution in [0.5, 0.6) is 5.75 Å². The average Bonchev–Trinajstić information content (AvgIpc) is 3.36. The summed E-state index contributed by atoms with van der Waals surface area (Å²) in [5.74, 6) is 0.807. The summed E-state index contributed by atoms with van der Waals surface area (Å²) in [6.45, 7) is 4.83. The number of likely N-dealkylation sites (tertiary alicyclic amines) is 1. The van der Waals surface area contributed by atoms with Crippen LogP contribution < -0.4 is 15.4 Å². The van der Waals surface area contributed by atoms with Crippen LogP contribution in [0.3, 0.4) is 0 Å². The van der Waals surface area contributed by atoms with Crippen molar-refractivity contribution in [2.75, 3.05) is 32.1 Å². The molecular formula is C23H27N3O3. The van der Waals surface area contributed by atoms with E-state index in [4.69, 9.17) is 4.74 Å². The van der Waals surface area contributed by atoms with Gasteiger partial charge >= 0.3 is 0 Å². The van der Waals surface area contributed by atoms with Crippen LogP contribution in [0.2, 0.25) is 0 Å². The van der Waals surface area contributed by atoms with Gasteiger partial charge in [0.2, 0.25) is 5.91 Å². The number of hydrogen-bond donors (Lipinski definition) is 2. The van der Waals surface area contributed by atoms with Gasteiger partial charge in [-0.05, 0) is 61.8 Å². The fourth-order valence-corrected chi connectivity index (χ4v) is 3.92. The maximum absolute atomic E-state index is 12.6. The third-order valence-corrected chi connectivity index (χ3v) is 5.73. The van der Waals surface area contributed by atoms with Crippen LogP contribution in [0.4, 0.5) is 5.69 Å². The van der Waals surface area contributed by atoms with Crippen LogP contribution in [0.1, 0.15) is 33.5 Å². The minimum absolute atomic E-state index is 0.000622. The van der Waals surface area contributed by atoms with Crippen LogP contribution in [0.25, 0.3) is 0 Å². The molecular weight excluding hydrogens is 366 g/mol. The Balaban J connectivity index is 1.39. The fraction of sp³-hybridized carbons (Fsp3) is 0.391. The molecule has 6 heteroatoms. The highest BCUT2D eigenvalue weighted by molar-refractivity contribution is 5.98. The van der Waals surface area contributed by atoms with Gasteiger partial charge in [-0.2, -0.15) is 0 Å². The Kier molecular flexibility index (Phi) is 5.53. The van der Waals surface area contributed by atoms with E-state index in [0.717, 1.165) is 49.4 Å². The normalized spacial score (nSPS) is 18.2. The van der Waals surface area contributed by atoms with E-state index >= 15 is 0 Å². The molecule has 29 heavy (non-hydrogen) atoms. The minimum Gasteiger partial charge on any atom is -0.493 e. The molecule has 2 aliphatic rings. The molecule has 0 spiro atoms. The molecule has 2 amide bonds. The second-order valence-corrected chi connectivity index (χ2v) is 7.99. The van der Waals surface area contributed by atoms with Gasteiger partial charge in [-0.1, -0.05) is 18.2 Å². The van der Waals surface area contributed by atoms with Crippen molar-refractivity contribution >= 4 is 17.5 Å². The maximum atomic E-state index is 12.6. The first-order valence-corrected chi connectivity index (χ1v) is 10.1. The summed E-state index contributed by atoms with van der Waals surface area (Å²) in [6, 6.07) is 11.5. The van der Waals surface area contributed by atoms with Crippen molar-refractivity contribution in [2.24, 2.45) is 5.92 Å². The molecule has 2 aromatic carbocycles. The number of nitrogens with one attached hydrogen (secondary N) is 2. The molecule has 2 aliphatic heterocycles. The first kappa shape index (κ1) is 19.5. The zero-order valence-electron chi connectivity index (χ0n) is 17.0. The lowest BCUT2D eigenvalue weighted by molar-refractivity contribution is -0.119. The van der Waals surface area contributed by atoms with Gasteiger partial charge in [0.05, 0.1) is 12.5 Å². The summed E-state index contributed by atoms with van der Waals surface area (Å²) < 4.78 is 5.52. The molecule has 0 saturated carbocycles. The average molecular weight is 393 g/mol. The van der Waals surface area contributed by atoms with Crippen LogP contribution in [0.15, 0.2) is 36.4 Å². The predicted molar refractivity (Wildman–Crippen MR) is 112 cm³/mol. The fourth-order valence-electron chi connectivity index (χ4n) is 3.92. The SMILES string of the molecule is Cc1ccc(C(=O)NCc2ccc3c(c2)CCO3)cc1NC(=O)C1CCN(C)C1. The lowest BCUT2D eigenvalue weighted by Gasteiger charge is -2.14. The number of carbonyl (C=O) groups excluding carboxylic acids is 2. The Morgan fingerprint density at radius 3 is 2.86 bits per heavy atom. The summed E-state index contributed by atoms with van der Waals surface area (Å²) >= 11 is 0. The Morgan fingerprint density at radius 1 is 1.21 bits per heavy atom. The Morgan fingerprint density at radius 2 is 2.07 bits per heavy atom. The second-order valence-electron chi connectivity index (χ2n) is 7.99. The Bertz CT molecular complexity index is 941.